The zero-order valence-electron chi connectivity index (χ0n) is 18.4. The first-order valence-corrected chi connectivity index (χ1v) is 10.9. The van der Waals surface area contributed by atoms with Crippen molar-refractivity contribution in [3.8, 4) is 5.75 Å². The van der Waals surface area contributed by atoms with E-state index in [0.717, 1.165) is 62.1 Å². The van der Waals surface area contributed by atoms with E-state index in [1.165, 1.54) is 5.56 Å². The van der Waals surface area contributed by atoms with Gasteiger partial charge >= 0.3 is 0 Å². The number of hydrogen-bond donors (Lipinski definition) is 2. The number of ether oxygens (including phenoxy) is 1. The summed E-state index contributed by atoms with van der Waals surface area (Å²) in [4.78, 5) is 14.9. The highest BCUT2D eigenvalue weighted by Crippen LogP contribution is 2.33. The molecule has 0 bridgehead atoms. The smallest absolute Gasteiger partial charge is 0.255 e. The number of methoxy groups -OCH3 is 1. The number of amides is 1. The number of carbonyl (C=O) groups is 1. The van der Waals surface area contributed by atoms with E-state index in [1.54, 1.807) is 7.11 Å². The van der Waals surface area contributed by atoms with Gasteiger partial charge in [0, 0.05) is 11.3 Å². The van der Waals surface area contributed by atoms with Gasteiger partial charge in [-0.2, -0.15) is 0 Å². The molecule has 1 amide bonds. The zero-order valence-corrected chi connectivity index (χ0v) is 18.4. The predicted octanol–water partition coefficient (Wildman–Crippen LogP) is 4.46. The van der Waals surface area contributed by atoms with Crippen LogP contribution in [-0.2, 0) is 6.42 Å². The standard InChI is InChI=1S/C25H34N2O3/c1-27(2)16-4-5-20-17-21(10-15-24(20)30-3)25(29)26-22-11-6-18(7-12-22)19-8-13-23(28)14-9-19/h6-7,10-12,15,17,19,23,28H,4-5,8-9,13-14,16H2,1-3H3,(H,26,29). The number of aliphatic hydroxyl groups is 1. The molecule has 0 atom stereocenters. The normalized spacial score (nSPS) is 19.0. The topological polar surface area (TPSA) is 61.8 Å². The minimum atomic E-state index is -0.142. The van der Waals surface area contributed by atoms with Gasteiger partial charge in [-0.15, -0.1) is 0 Å². The number of carbonyl (C=O) groups excluding carboxylic acids is 1. The van der Waals surface area contributed by atoms with Crippen LogP contribution in [0.25, 0.3) is 0 Å². The van der Waals surface area contributed by atoms with Crippen LogP contribution in [0, 0.1) is 0 Å². The van der Waals surface area contributed by atoms with E-state index < -0.39 is 0 Å². The van der Waals surface area contributed by atoms with E-state index in [4.69, 9.17) is 4.74 Å². The first-order chi connectivity index (χ1) is 14.5. The molecular weight excluding hydrogens is 376 g/mol. The molecule has 2 aromatic carbocycles. The predicted molar refractivity (Wildman–Crippen MR) is 121 cm³/mol. The zero-order chi connectivity index (χ0) is 21.5. The number of nitrogens with zero attached hydrogens (tertiary/aromatic N) is 1. The fourth-order valence-electron chi connectivity index (χ4n) is 4.15. The monoisotopic (exact) mass is 410 g/mol. The van der Waals surface area contributed by atoms with Crippen LogP contribution in [-0.4, -0.2) is 49.8 Å². The van der Waals surface area contributed by atoms with Crippen LogP contribution >= 0.6 is 0 Å². The van der Waals surface area contributed by atoms with E-state index in [9.17, 15) is 9.90 Å². The Kier molecular flexibility index (Phi) is 7.88. The number of hydrogen-bond acceptors (Lipinski definition) is 4. The molecular formula is C25H34N2O3. The maximum atomic E-state index is 12.8. The van der Waals surface area contributed by atoms with Crippen molar-refractivity contribution < 1.29 is 14.6 Å². The molecule has 3 rings (SSSR count). The minimum absolute atomic E-state index is 0.111. The molecule has 0 spiro atoms. The van der Waals surface area contributed by atoms with E-state index in [0.29, 0.717) is 11.5 Å². The van der Waals surface area contributed by atoms with Gasteiger partial charge in [-0.1, -0.05) is 12.1 Å². The molecule has 0 saturated heterocycles. The van der Waals surface area contributed by atoms with Crippen LogP contribution < -0.4 is 10.1 Å². The molecule has 1 saturated carbocycles. The van der Waals surface area contributed by atoms with E-state index in [-0.39, 0.29) is 12.0 Å². The van der Waals surface area contributed by atoms with Crippen molar-refractivity contribution in [2.75, 3.05) is 33.1 Å². The van der Waals surface area contributed by atoms with Gasteiger partial charge in [0.1, 0.15) is 5.75 Å². The van der Waals surface area contributed by atoms with E-state index in [2.05, 4.69) is 36.4 Å². The Bertz CT molecular complexity index is 825. The lowest BCUT2D eigenvalue weighted by Crippen LogP contribution is -2.17. The number of nitrogens with one attached hydrogen (secondary N) is 1. The Balaban J connectivity index is 1.63. The lowest BCUT2D eigenvalue weighted by Gasteiger charge is -2.25. The number of anilines is 1. The third kappa shape index (κ3) is 6.07. The Hall–Kier alpha value is -2.37. The van der Waals surface area contributed by atoms with Crippen molar-refractivity contribution in [3.05, 3.63) is 59.2 Å². The van der Waals surface area contributed by atoms with Gasteiger partial charge in [0.05, 0.1) is 13.2 Å². The largest absolute Gasteiger partial charge is 0.496 e. The van der Waals surface area contributed by atoms with Crippen LogP contribution in [0.1, 0.15) is 59.5 Å². The molecule has 0 aromatic heterocycles. The van der Waals surface area contributed by atoms with Crippen molar-refractivity contribution in [2.45, 2.75) is 50.5 Å². The SMILES string of the molecule is COc1ccc(C(=O)Nc2ccc(C3CCC(O)CC3)cc2)cc1CCCN(C)C. The highest BCUT2D eigenvalue weighted by molar-refractivity contribution is 6.04. The van der Waals surface area contributed by atoms with Gasteiger partial charge < -0.3 is 20.1 Å². The Labute approximate surface area is 180 Å². The highest BCUT2D eigenvalue weighted by atomic mass is 16.5. The van der Waals surface area contributed by atoms with Crippen molar-refractivity contribution in [1.82, 2.24) is 4.90 Å². The molecule has 2 aromatic rings. The number of aliphatic hydroxyl groups excluding tert-OH is 1. The summed E-state index contributed by atoms with van der Waals surface area (Å²) < 4.78 is 5.47. The molecule has 5 heteroatoms. The van der Waals surface area contributed by atoms with Gasteiger partial charge in [-0.05, 0) is 107 Å². The Morgan fingerprint density at radius 1 is 1.10 bits per heavy atom. The summed E-state index contributed by atoms with van der Waals surface area (Å²) in [5, 5.41) is 12.7. The average Bonchev–Trinajstić information content (AvgIpc) is 2.74. The molecule has 0 unspecified atom stereocenters. The van der Waals surface area contributed by atoms with Crippen molar-refractivity contribution in [2.24, 2.45) is 0 Å². The highest BCUT2D eigenvalue weighted by Gasteiger charge is 2.20. The number of benzene rings is 2. The molecule has 0 radical (unpaired) electrons. The average molecular weight is 411 g/mol. The maximum Gasteiger partial charge on any atom is 0.255 e. The molecule has 0 aliphatic heterocycles. The van der Waals surface area contributed by atoms with Crippen molar-refractivity contribution in [3.63, 3.8) is 0 Å². The second-order valence-electron chi connectivity index (χ2n) is 8.52. The van der Waals surface area contributed by atoms with Gasteiger partial charge in [0.25, 0.3) is 5.91 Å². The van der Waals surface area contributed by atoms with E-state index >= 15 is 0 Å². The summed E-state index contributed by atoms with van der Waals surface area (Å²) >= 11 is 0. The lowest BCUT2D eigenvalue weighted by atomic mass is 9.83. The first kappa shape index (κ1) is 22.3. The summed E-state index contributed by atoms with van der Waals surface area (Å²) in [6, 6.07) is 13.8. The van der Waals surface area contributed by atoms with Gasteiger partial charge in [0.2, 0.25) is 0 Å². The Morgan fingerprint density at radius 3 is 2.43 bits per heavy atom. The molecule has 1 fully saturated rings. The maximum absolute atomic E-state index is 12.8. The van der Waals surface area contributed by atoms with Crippen LogP contribution in [0.15, 0.2) is 42.5 Å². The summed E-state index contributed by atoms with van der Waals surface area (Å²) in [7, 11) is 5.78. The summed E-state index contributed by atoms with van der Waals surface area (Å²) in [6.45, 7) is 0.992. The summed E-state index contributed by atoms with van der Waals surface area (Å²) in [5.41, 5.74) is 3.78. The second kappa shape index (κ2) is 10.6. The number of rotatable bonds is 8. The third-order valence-electron chi connectivity index (χ3n) is 5.93. The molecule has 2 N–H and O–H groups in total. The molecule has 1 aliphatic carbocycles. The van der Waals surface area contributed by atoms with E-state index in [1.807, 2.05) is 30.3 Å². The minimum Gasteiger partial charge on any atom is -0.496 e. The summed E-state index contributed by atoms with van der Waals surface area (Å²) in [5.74, 6) is 1.22. The van der Waals surface area contributed by atoms with Gasteiger partial charge in [-0.3, -0.25) is 4.79 Å². The van der Waals surface area contributed by atoms with Gasteiger partial charge in [-0.25, -0.2) is 0 Å². The molecule has 1 aliphatic rings. The molecule has 162 valence electrons. The molecule has 0 heterocycles. The summed E-state index contributed by atoms with van der Waals surface area (Å²) in [6.07, 6.45) is 5.53. The third-order valence-corrected chi connectivity index (χ3v) is 5.93. The van der Waals surface area contributed by atoms with Crippen LogP contribution in [0.4, 0.5) is 5.69 Å². The number of aryl methyl sites for hydroxylation is 1. The lowest BCUT2D eigenvalue weighted by molar-refractivity contribution is 0.102. The van der Waals surface area contributed by atoms with Crippen LogP contribution in [0.5, 0.6) is 5.75 Å². The van der Waals surface area contributed by atoms with Crippen molar-refractivity contribution >= 4 is 11.6 Å². The van der Waals surface area contributed by atoms with Crippen molar-refractivity contribution in [1.29, 1.82) is 0 Å². The molecule has 5 nitrogen and oxygen atoms in total. The van der Waals surface area contributed by atoms with Gasteiger partial charge in [0.15, 0.2) is 0 Å². The van der Waals surface area contributed by atoms with Crippen LogP contribution in [0.2, 0.25) is 0 Å². The quantitative estimate of drug-likeness (QED) is 0.674. The fraction of sp³-hybridized carbons (Fsp3) is 0.480. The van der Waals surface area contributed by atoms with Crippen LogP contribution in [0.3, 0.4) is 0 Å². The fourth-order valence-corrected chi connectivity index (χ4v) is 4.15. The second-order valence-corrected chi connectivity index (χ2v) is 8.52. The first-order valence-electron chi connectivity index (χ1n) is 10.9. The molecule has 30 heavy (non-hydrogen) atoms. The Morgan fingerprint density at radius 2 is 1.80 bits per heavy atom.